The Balaban J connectivity index is 1.32. The minimum absolute atomic E-state index is 0.0334. The zero-order chi connectivity index (χ0) is 26.5. The Morgan fingerprint density at radius 1 is 0.921 bits per heavy atom. The lowest BCUT2D eigenvalue weighted by molar-refractivity contribution is -0.134. The Bertz CT molecular complexity index is 1290. The van der Waals surface area contributed by atoms with Crippen molar-refractivity contribution in [1.29, 1.82) is 0 Å². The summed E-state index contributed by atoms with van der Waals surface area (Å²) in [6, 6.07) is 23.5. The molecule has 198 valence electrons. The van der Waals surface area contributed by atoms with Gasteiger partial charge in [0.05, 0.1) is 32.5 Å². The highest BCUT2D eigenvalue weighted by Crippen LogP contribution is 2.38. The molecular formula is C30H33ClN4O3. The molecule has 0 N–H and O–H groups in total. The van der Waals surface area contributed by atoms with Gasteiger partial charge in [-0.15, -0.1) is 0 Å². The van der Waals surface area contributed by atoms with Gasteiger partial charge >= 0.3 is 0 Å². The summed E-state index contributed by atoms with van der Waals surface area (Å²) in [4.78, 5) is 18.3. The van der Waals surface area contributed by atoms with Crippen LogP contribution in [0, 0.1) is 0 Å². The molecule has 0 spiro atoms. The molecule has 2 heterocycles. The van der Waals surface area contributed by atoms with E-state index in [-0.39, 0.29) is 11.9 Å². The molecule has 5 rings (SSSR count). The van der Waals surface area contributed by atoms with Crippen LogP contribution < -0.4 is 9.47 Å². The van der Waals surface area contributed by atoms with E-state index in [2.05, 4.69) is 34.1 Å². The molecule has 3 aromatic rings. The molecular weight excluding hydrogens is 500 g/mol. The van der Waals surface area contributed by atoms with Crippen molar-refractivity contribution in [2.45, 2.75) is 19.0 Å². The number of benzene rings is 3. The van der Waals surface area contributed by atoms with E-state index in [1.165, 1.54) is 5.56 Å². The standard InChI is InChI=1S/C30H33ClN4O3/c1-37-23-12-13-25(29(18-23)38-2)27-19-28(24-10-6-7-11-26(24)31)35(32-27)30(36)21-34-16-14-33(15-17-34)20-22-8-4-3-5-9-22/h3-13,18,28H,14-17,19-21H2,1-2H3/t28-/m0/s1. The van der Waals surface area contributed by atoms with Gasteiger partial charge in [0, 0.05) is 55.8 Å². The number of piperazine rings is 1. The van der Waals surface area contributed by atoms with Crippen molar-refractivity contribution < 1.29 is 14.3 Å². The first-order valence-electron chi connectivity index (χ1n) is 12.9. The van der Waals surface area contributed by atoms with Gasteiger partial charge in [-0.3, -0.25) is 14.6 Å². The minimum atomic E-state index is -0.280. The SMILES string of the molecule is COc1ccc(C2=NN(C(=O)CN3CCN(Cc4ccccc4)CC3)[C@H](c3ccccc3Cl)C2)c(OC)c1. The van der Waals surface area contributed by atoms with Crippen LogP contribution in [0.1, 0.15) is 29.2 Å². The Morgan fingerprint density at radius 2 is 1.63 bits per heavy atom. The lowest BCUT2D eigenvalue weighted by Gasteiger charge is -2.35. The van der Waals surface area contributed by atoms with Gasteiger partial charge in [0.1, 0.15) is 11.5 Å². The number of hydrogen-bond acceptors (Lipinski definition) is 6. The molecule has 38 heavy (non-hydrogen) atoms. The monoisotopic (exact) mass is 532 g/mol. The van der Waals surface area contributed by atoms with E-state index in [0.717, 1.165) is 49.6 Å². The number of hydrogen-bond donors (Lipinski definition) is 0. The van der Waals surface area contributed by atoms with Gasteiger partial charge in [0.15, 0.2) is 0 Å². The van der Waals surface area contributed by atoms with E-state index in [9.17, 15) is 4.79 Å². The summed E-state index contributed by atoms with van der Waals surface area (Å²) >= 11 is 6.59. The van der Waals surface area contributed by atoms with E-state index in [1.54, 1.807) is 19.2 Å². The molecule has 2 aliphatic heterocycles. The molecule has 0 bridgehead atoms. The summed E-state index contributed by atoms with van der Waals surface area (Å²) in [5.74, 6) is 1.32. The quantitative estimate of drug-likeness (QED) is 0.415. The highest BCUT2D eigenvalue weighted by atomic mass is 35.5. The second-order valence-corrected chi connectivity index (χ2v) is 10.0. The molecule has 1 atom stereocenters. The van der Waals surface area contributed by atoms with Crippen LogP contribution in [0.25, 0.3) is 0 Å². The largest absolute Gasteiger partial charge is 0.497 e. The third-order valence-corrected chi connectivity index (χ3v) is 7.57. The molecule has 1 saturated heterocycles. The van der Waals surface area contributed by atoms with Crippen LogP contribution >= 0.6 is 11.6 Å². The Hall–Kier alpha value is -3.39. The highest BCUT2D eigenvalue weighted by Gasteiger charge is 2.36. The summed E-state index contributed by atoms with van der Waals surface area (Å²) < 4.78 is 11.0. The van der Waals surface area contributed by atoms with Crippen molar-refractivity contribution in [2.24, 2.45) is 5.10 Å². The molecule has 8 heteroatoms. The van der Waals surface area contributed by atoms with Crippen molar-refractivity contribution >= 4 is 23.2 Å². The van der Waals surface area contributed by atoms with Crippen LogP contribution in [0.15, 0.2) is 77.9 Å². The van der Waals surface area contributed by atoms with Crippen LogP contribution in [0.2, 0.25) is 5.02 Å². The summed E-state index contributed by atoms with van der Waals surface area (Å²) in [5.41, 5.74) is 3.83. The van der Waals surface area contributed by atoms with Gasteiger partial charge in [-0.2, -0.15) is 5.10 Å². The average molecular weight is 533 g/mol. The predicted octanol–water partition coefficient (Wildman–Crippen LogP) is 4.85. The van der Waals surface area contributed by atoms with Crippen molar-refractivity contribution in [3.8, 4) is 11.5 Å². The molecule has 3 aromatic carbocycles. The van der Waals surface area contributed by atoms with Gasteiger partial charge in [-0.1, -0.05) is 60.1 Å². The first-order valence-corrected chi connectivity index (χ1v) is 13.3. The van der Waals surface area contributed by atoms with Crippen LogP contribution in [0.4, 0.5) is 0 Å². The van der Waals surface area contributed by atoms with Crippen molar-refractivity contribution in [1.82, 2.24) is 14.8 Å². The van der Waals surface area contributed by atoms with E-state index in [0.29, 0.717) is 29.5 Å². The second-order valence-electron chi connectivity index (χ2n) is 9.63. The third kappa shape index (κ3) is 5.85. The molecule has 0 unspecified atom stereocenters. The predicted molar refractivity (Wildman–Crippen MR) is 150 cm³/mol. The molecule has 0 radical (unpaired) electrons. The van der Waals surface area contributed by atoms with Crippen molar-refractivity contribution in [3.63, 3.8) is 0 Å². The smallest absolute Gasteiger partial charge is 0.257 e. The highest BCUT2D eigenvalue weighted by molar-refractivity contribution is 6.31. The second kappa shape index (κ2) is 12.0. The molecule has 7 nitrogen and oxygen atoms in total. The number of amides is 1. The molecule has 0 aliphatic carbocycles. The number of carbonyl (C=O) groups excluding carboxylic acids is 1. The number of nitrogens with zero attached hydrogens (tertiary/aromatic N) is 4. The van der Waals surface area contributed by atoms with Gasteiger partial charge in [0.25, 0.3) is 5.91 Å². The Kier molecular flexibility index (Phi) is 8.27. The first-order chi connectivity index (χ1) is 18.6. The van der Waals surface area contributed by atoms with Gasteiger partial charge < -0.3 is 9.47 Å². The van der Waals surface area contributed by atoms with Gasteiger partial charge in [-0.25, -0.2) is 5.01 Å². The number of carbonyl (C=O) groups is 1. The molecule has 1 fully saturated rings. The Labute approximate surface area is 229 Å². The summed E-state index contributed by atoms with van der Waals surface area (Å²) in [5, 5.41) is 7.09. The van der Waals surface area contributed by atoms with E-state index in [4.69, 9.17) is 26.2 Å². The summed E-state index contributed by atoms with van der Waals surface area (Å²) in [6.07, 6.45) is 0.545. The number of methoxy groups -OCH3 is 2. The summed E-state index contributed by atoms with van der Waals surface area (Å²) in [7, 11) is 3.25. The molecule has 2 aliphatic rings. The van der Waals surface area contributed by atoms with Gasteiger partial charge in [0.2, 0.25) is 0 Å². The Morgan fingerprint density at radius 3 is 2.34 bits per heavy atom. The number of ether oxygens (including phenoxy) is 2. The third-order valence-electron chi connectivity index (χ3n) is 7.22. The number of halogens is 1. The zero-order valence-electron chi connectivity index (χ0n) is 21.8. The zero-order valence-corrected chi connectivity index (χ0v) is 22.6. The van der Waals surface area contributed by atoms with Crippen LogP contribution in [-0.2, 0) is 11.3 Å². The van der Waals surface area contributed by atoms with Crippen molar-refractivity contribution in [3.05, 3.63) is 94.5 Å². The first kappa shape index (κ1) is 26.2. The van der Waals surface area contributed by atoms with E-state index >= 15 is 0 Å². The normalized spacial score (nSPS) is 18.3. The number of hydrazone groups is 1. The fourth-order valence-electron chi connectivity index (χ4n) is 5.14. The fourth-order valence-corrected chi connectivity index (χ4v) is 5.40. The summed E-state index contributed by atoms with van der Waals surface area (Å²) in [6.45, 7) is 4.77. The van der Waals surface area contributed by atoms with Crippen LogP contribution in [0.3, 0.4) is 0 Å². The minimum Gasteiger partial charge on any atom is -0.497 e. The van der Waals surface area contributed by atoms with Crippen LogP contribution in [-0.4, -0.2) is 73.4 Å². The number of rotatable bonds is 8. The lowest BCUT2D eigenvalue weighted by atomic mass is 9.97. The van der Waals surface area contributed by atoms with Crippen LogP contribution in [0.5, 0.6) is 11.5 Å². The van der Waals surface area contributed by atoms with E-state index in [1.807, 2.05) is 48.5 Å². The maximum absolute atomic E-state index is 13.7. The van der Waals surface area contributed by atoms with Crippen molar-refractivity contribution in [2.75, 3.05) is 46.9 Å². The average Bonchev–Trinajstić information content (AvgIpc) is 3.40. The molecule has 1 amide bonds. The maximum Gasteiger partial charge on any atom is 0.257 e. The van der Waals surface area contributed by atoms with Gasteiger partial charge in [-0.05, 0) is 29.3 Å². The molecule has 0 aromatic heterocycles. The topological polar surface area (TPSA) is 57.6 Å². The fraction of sp³-hybridized carbons (Fsp3) is 0.333. The molecule has 0 saturated carbocycles. The lowest BCUT2D eigenvalue weighted by Crippen LogP contribution is -2.49. The van der Waals surface area contributed by atoms with E-state index < -0.39 is 0 Å². The maximum atomic E-state index is 13.7.